The summed E-state index contributed by atoms with van der Waals surface area (Å²) < 4.78 is 13.0. The number of rotatable bonds is 13. The Hall–Kier alpha value is -5.26. The summed E-state index contributed by atoms with van der Waals surface area (Å²) in [5.74, 6) is 0.639. The van der Waals surface area contributed by atoms with Crippen LogP contribution in [0.25, 0.3) is 0 Å². The standard InChI is InChI=1S/C45H55ClN8O6/c1-26(2)53(25-27-14-16-52(17-15-27)37-24-49-35(23-50-37)39(48)56)30-19-33(20-30)59-31-9-7-8-28(18-31)41(58)54(36-12-13-38(55)51-40(36)57)42-44(3,4)43(45(42,5)6)60-32-11-10-29(22-47)34(46)21-32/h7-11,18,21,23-24,26-27,30,33,36,42-43H,12-17,19-20,25H2,1-6H3,(H2,48,56)(H,51,55,57). The number of nitrogens with zero attached hydrogens (tertiary/aromatic N) is 6. The first-order valence-electron chi connectivity index (χ1n) is 20.9. The van der Waals surface area contributed by atoms with Gasteiger partial charge in [-0.05, 0) is 69.4 Å². The summed E-state index contributed by atoms with van der Waals surface area (Å²) >= 11 is 6.34. The van der Waals surface area contributed by atoms with Crippen molar-refractivity contribution >= 4 is 41.0 Å². The van der Waals surface area contributed by atoms with Crippen LogP contribution in [0.5, 0.6) is 11.5 Å². The molecular formula is C45H55ClN8O6. The van der Waals surface area contributed by atoms with Crippen molar-refractivity contribution in [2.75, 3.05) is 24.5 Å². The van der Waals surface area contributed by atoms with Crippen LogP contribution in [0.2, 0.25) is 5.02 Å². The van der Waals surface area contributed by atoms with Crippen molar-refractivity contribution in [3.63, 3.8) is 0 Å². The smallest absolute Gasteiger partial charge is 0.268 e. The number of aromatic nitrogens is 2. The normalized spacial score (nSPS) is 24.8. The Balaban J connectivity index is 1.00. The number of halogens is 1. The van der Waals surface area contributed by atoms with E-state index in [0.29, 0.717) is 40.6 Å². The van der Waals surface area contributed by atoms with E-state index in [-0.39, 0.29) is 47.6 Å². The minimum Gasteiger partial charge on any atom is -0.490 e. The average molecular weight is 839 g/mol. The number of amides is 4. The predicted octanol–water partition coefficient (Wildman–Crippen LogP) is 5.77. The van der Waals surface area contributed by atoms with Crippen molar-refractivity contribution in [1.29, 1.82) is 5.26 Å². The fourth-order valence-corrected chi connectivity index (χ4v) is 10.5. The van der Waals surface area contributed by atoms with E-state index in [1.54, 1.807) is 41.4 Å². The molecule has 1 atom stereocenters. The van der Waals surface area contributed by atoms with Crippen molar-refractivity contribution in [3.05, 3.63) is 76.7 Å². The number of hydrogen-bond donors (Lipinski definition) is 2. The Kier molecular flexibility index (Phi) is 12.1. The summed E-state index contributed by atoms with van der Waals surface area (Å²) in [6, 6.07) is 13.6. The Morgan fingerprint density at radius 3 is 2.30 bits per heavy atom. The highest BCUT2D eigenvalue weighted by atomic mass is 35.5. The number of ether oxygens (including phenoxy) is 2. The minimum absolute atomic E-state index is 0.00484. The molecule has 2 aliphatic heterocycles. The van der Waals surface area contributed by atoms with E-state index in [2.05, 4.69) is 45.0 Å². The van der Waals surface area contributed by atoms with Gasteiger partial charge >= 0.3 is 0 Å². The highest BCUT2D eigenvalue weighted by molar-refractivity contribution is 6.31. The minimum atomic E-state index is -0.862. The van der Waals surface area contributed by atoms with E-state index in [0.717, 1.165) is 51.1 Å². The molecule has 2 aliphatic carbocycles. The van der Waals surface area contributed by atoms with Gasteiger partial charge in [0.25, 0.3) is 11.8 Å². The van der Waals surface area contributed by atoms with Crippen molar-refractivity contribution in [1.82, 2.24) is 25.1 Å². The van der Waals surface area contributed by atoms with Gasteiger partial charge in [-0.15, -0.1) is 0 Å². The van der Waals surface area contributed by atoms with Crippen LogP contribution in [0.3, 0.4) is 0 Å². The molecule has 2 saturated carbocycles. The number of carbonyl (C=O) groups is 4. The zero-order chi connectivity index (χ0) is 43.1. The number of piperidine rings is 2. The first-order chi connectivity index (χ1) is 28.5. The molecule has 1 aromatic heterocycles. The van der Waals surface area contributed by atoms with Crippen LogP contribution in [-0.2, 0) is 9.59 Å². The number of benzene rings is 2. The molecule has 0 radical (unpaired) electrons. The molecule has 4 fully saturated rings. The fourth-order valence-electron chi connectivity index (χ4n) is 10.3. The number of nitriles is 1. The topological polar surface area (TPSA) is 184 Å². The van der Waals surface area contributed by atoms with E-state index in [1.807, 2.05) is 39.8 Å². The summed E-state index contributed by atoms with van der Waals surface area (Å²) in [5, 5.41) is 12.1. The number of primary amides is 1. The van der Waals surface area contributed by atoms with Gasteiger partial charge in [0, 0.05) is 73.4 Å². The Labute approximate surface area is 356 Å². The molecule has 2 saturated heterocycles. The third-order valence-corrected chi connectivity index (χ3v) is 13.3. The average Bonchev–Trinajstić information content (AvgIpc) is 3.19. The van der Waals surface area contributed by atoms with Crippen molar-refractivity contribution in [2.24, 2.45) is 22.5 Å². The SMILES string of the molecule is CC(C)N(CC1CCN(c2cnc(C(N)=O)cn2)CC1)C1CC(Oc2cccc(C(=O)N(C3CCC(=O)NC3=O)C3C(C)(C)C(Oc4ccc(C#N)c(Cl)c4)C3(C)C)c2)C1. The zero-order valence-corrected chi connectivity index (χ0v) is 35.9. The van der Waals surface area contributed by atoms with Crippen LogP contribution in [0.4, 0.5) is 5.82 Å². The maximum atomic E-state index is 14.8. The molecular weight excluding hydrogens is 784 g/mol. The van der Waals surface area contributed by atoms with Gasteiger partial charge in [-0.2, -0.15) is 5.26 Å². The summed E-state index contributed by atoms with van der Waals surface area (Å²) in [6.07, 6.45) is 6.80. The second-order valence-corrected chi connectivity index (χ2v) is 18.6. The van der Waals surface area contributed by atoms with Gasteiger partial charge in [-0.3, -0.25) is 29.4 Å². The number of imide groups is 1. The quantitative estimate of drug-likeness (QED) is 0.199. The monoisotopic (exact) mass is 838 g/mol. The highest BCUT2D eigenvalue weighted by Gasteiger charge is 2.67. The predicted molar refractivity (Wildman–Crippen MR) is 225 cm³/mol. The maximum absolute atomic E-state index is 14.8. The summed E-state index contributed by atoms with van der Waals surface area (Å²) in [4.78, 5) is 67.0. The van der Waals surface area contributed by atoms with Crippen LogP contribution in [-0.4, -0.2) is 99.4 Å². The molecule has 2 aromatic carbocycles. The molecule has 3 N–H and O–H groups in total. The second kappa shape index (κ2) is 17.0. The van der Waals surface area contributed by atoms with Crippen LogP contribution in [0.15, 0.2) is 54.9 Å². The zero-order valence-electron chi connectivity index (χ0n) is 35.2. The van der Waals surface area contributed by atoms with Crippen LogP contribution in [0.1, 0.15) is 106 Å². The lowest BCUT2D eigenvalue weighted by atomic mass is 9.48. The van der Waals surface area contributed by atoms with Gasteiger partial charge in [0.05, 0.1) is 29.0 Å². The Morgan fingerprint density at radius 1 is 1.00 bits per heavy atom. The summed E-state index contributed by atoms with van der Waals surface area (Å²) in [7, 11) is 0. The number of anilines is 1. The van der Waals surface area contributed by atoms with Crippen molar-refractivity contribution in [3.8, 4) is 17.6 Å². The number of nitrogens with two attached hydrogens (primary N) is 1. The van der Waals surface area contributed by atoms with Gasteiger partial charge in [0.2, 0.25) is 11.8 Å². The lowest BCUT2D eigenvalue weighted by Crippen LogP contribution is -2.77. The maximum Gasteiger partial charge on any atom is 0.268 e. The molecule has 60 heavy (non-hydrogen) atoms. The third kappa shape index (κ3) is 8.52. The molecule has 7 rings (SSSR count). The number of nitrogens with one attached hydrogen (secondary N) is 1. The van der Waals surface area contributed by atoms with Gasteiger partial charge < -0.3 is 25.0 Å². The third-order valence-electron chi connectivity index (χ3n) is 13.0. The first-order valence-corrected chi connectivity index (χ1v) is 21.3. The van der Waals surface area contributed by atoms with Gasteiger partial charge in [-0.25, -0.2) is 9.97 Å². The lowest BCUT2D eigenvalue weighted by molar-refractivity contribution is -0.206. The molecule has 3 aromatic rings. The highest BCUT2D eigenvalue weighted by Crippen LogP contribution is 2.59. The molecule has 14 nitrogen and oxygen atoms in total. The van der Waals surface area contributed by atoms with E-state index in [1.165, 1.54) is 6.20 Å². The number of carbonyl (C=O) groups excluding carboxylic acids is 4. The van der Waals surface area contributed by atoms with Gasteiger partial charge in [0.1, 0.15) is 47.3 Å². The molecule has 15 heteroatoms. The van der Waals surface area contributed by atoms with E-state index >= 15 is 0 Å². The van der Waals surface area contributed by atoms with Crippen LogP contribution >= 0.6 is 11.6 Å². The molecule has 1 unspecified atom stereocenters. The van der Waals surface area contributed by atoms with Gasteiger partial charge in [0.15, 0.2) is 0 Å². The van der Waals surface area contributed by atoms with Crippen molar-refractivity contribution in [2.45, 2.75) is 116 Å². The largest absolute Gasteiger partial charge is 0.490 e. The molecule has 4 amide bonds. The first kappa shape index (κ1) is 42.8. The number of hydrogen-bond acceptors (Lipinski definition) is 11. The molecule has 0 spiro atoms. The molecule has 318 valence electrons. The molecule has 0 bridgehead atoms. The van der Waals surface area contributed by atoms with E-state index < -0.39 is 34.7 Å². The summed E-state index contributed by atoms with van der Waals surface area (Å²) in [5.41, 5.74) is 4.96. The van der Waals surface area contributed by atoms with Crippen LogP contribution < -0.4 is 25.4 Å². The van der Waals surface area contributed by atoms with Crippen molar-refractivity contribution < 1.29 is 28.7 Å². The Bertz CT molecular complexity index is 2140. The molecule has 4 aliphatic rings. The van der Waals surface area contributed by atoms with Gasteiger partial charge in [-0.1, -0.05) is 45.4 Å². The Morgan fingerprint density at radius 2 is 1.70 bits per heavy atom. The lowest BCUT2D eigenvalue weighted by Gasteiger charge is -2.66. The van der Waals surface area contributed by atoms with E-state index in [4.69, 9.17) is 26.8 Å². The van der Waals surface area contributed by atoms with Crippen LogP contribution in [0, 0.1) is 28.1 Å². The second-order valence-electron chi connectivity index (χ2n) is 18.2. The fraction of sp³-hybridized carbons (Fsp3) is 0.533. The summed E-state index contributed by atoms with van der Waals surface area (Å²) in [6.45, 7) is 15.3. The van der Waals surface area contributed by atoms with E-state index in [9.17, 15) is 24.4 Å². The molecule has 3 heterocycles.